The molecule has 78 valence electrons. The van der Waals surface area contributed by atoms with E-state index in [0.29, 0.717) is 12.5 Å². The molecule has 0 aromatic carbocycles. The summed E-state index contributed by atoms with van der Waals surface area (Å²) in [5, 5.41) is 3.25. The van der Waals surface area contributed by atoms with E-state index in [0.717, 1.165) is 19.5 Å². The van der Waals surface area contributed by atoms with E-state index in [1.807, 2.05) is 0 Å². The number of nitrogens with one attached hydrogen (secondary N) is 1. The summed E-state index contributed by atoms with van der Waals surface area (Å²) in [6.07, 6.45) is 1.10. The Hall–Kier alpha value is -1.10. The average Bonchev–Trinajstić information content (AvgIpc) is 2.73. The molecule has 0 aromatic heterocycles. The first-order chi connectivity index (χ1) is 6.68. The molecule has 2 fully saturated rings. The molecule has 14 heavy (non-hydrogen) atoms. The molecular weight excluding hydrogens is 182 g/mol. The predicted molar refractivity (Wildman–Crippen MR) is 50.7 cm³/mol. The van der Waals surface area contributed by atoms with Gasteiger partial charge in [0.05, 0.1) is 0 Å². The third kappa shape index (κ3) is 1.59. The zero-order valence-electron chi connectivity index (χ0n) is 8.32. The van der Waals surface area contributed by atoms with Gasteiger partial charge in [-0.15, -0.1) is 0 Å². The third-order valence-corrected chi connectivity index (χ3v) is 2.90. The van der Waals surface area contributed by atoms with Crippen molar-refractivity contribution in [3.63, 3.8) is 0 Å². The van der Waals surface area contributed by atoms with E-state index in [9.17, 15) is 9.59 Å². The normalized spacial score (nSPS) is 27.9. The van der Waals surface area contributed by atoms with Crippen LogP contribution in [0.1, 0.15) is 6.42 Å². The van der Waals surface area contributed by atoms with Crippen molar-refractivity contribution < 1.29 is 9.59 Å². The number of hydrogen-bond donors (Lipinski definition) is 1. The van der Waals surface area contributed by atoms with Gasteiger partial charge in [0, 0.05) is 13.6 Å². The first kappa shape index (κ1) is 9.45. The summed E-state index contributed by atoms with van der Waals surface area (Å²) in [6.45, 7) is 2.95. The summed E-state index contributed by atoms with van der Waals surface area (Å²) >= 11 is 0. The van der Waals surface area contributed by atoms with Crippen molar-refractivity contribution in [1.82, 2.24) is 15.1 Å². The first-order valence-electron chi connectivity index (χ1n) is 4.94. The summed E-state index contributed by atoms with van der Waals surface area (Å²) in [4.78, 5) is 25.6. The maximum atomic E-state index is 11.5. The Balaban J connectivity index is 1.92. The largest absolute Gasteiger partial charge is 0.326 e. The van der Waals surface area contributed by atoms with E-state index in [2.05, 4.69) is 5.32 Å². The highest BCUT2D eigenvalue weighted by Crippen LogP contribution is 2.14. The van der Waals surface area contributed by atoms with Crippen molar-refractivity contribution in [2.45, 2.75) is 6.42 Å². The quantitative estimate of drug-likeness (QED) is 0.607. The van der Waals surface area contributed by atoms with Gasteiger partial charge in [-0.1, -0.05) is 0 Å². The van der Waals surface area contributed by atoms with Crippen LogP contribution in [0.25, 0.3) is 0 Å². The van der Waals surface area contributed by atoms with E-state index in [1.54, 1.807) is 4.90 Å². The van der Waals surface area contributed by atoms with Crippen molar-refractivity contribution in [3.05, 3.63) is 0 Å². The fourth-order valence-corrected chi connectivity index (χ4v) is 1.98. The first-order valence-corrected chi connectivity index (χ1v) is 4.94. The van der Waals surface area contributed by atoms with Gasteiger partial charge in [0.25, 0.3) is 0 Å². The smallest absolute Gasteiger partial charge is 0.316 e. The molecule has 2 rings (SSSR count). The number of carbonyl (C=O) groups is 2. The Morgan fingerprint density at radius 2 is 2.29 bits per heavy atom. The predicted octanol–water partition coefficient (Wildman–Crippen LogP) is -0.510. The van der Waals surface area contributed by atoms with Crippen LogP contribution < -0.4 is 5.32 Å². The van der Waals surface area contributed by atoms with E-state index in [4.69, 9.17) is 0 Å². The summed E-state index contributed by atoms with van der Waals surface area (Å²) in [5.74, 6) is 0.416. The summed E-state index contributed by atoms with van der Waals surface area (Å²) in [6, 6.07) is -0.151. The second-order valence-corrected chi connectivity index (χ2v) is 3.97. The summed E-state index contributed by atoms with van der Waals surface area (Å²) in [5.41, 5.74) is 0. The van der Waals surface area contributed by atoms with Crippen LogP contribution in [0.3, 0.4) is 0 Å². The van der Waals surface area contributed by atoms with Crippen LogP contribution in [0.4, 0.5) is 4.79 Å². The lowest BCUT2D eigenvalue weighted by Gasteiger charge is -2.18. The lowest BCUT2D eigenvalue weighted by atomic mass is 10.1. The van der Waals surface area contributed by atoms with Crippen LogP contribution in [0, 0.1) is 5.92 Å². The lowest BCUT2D eigenvalue weighted by molar-refractivity contribution is -0.124. The maximum absolute atomic E-state index is 11.5. The molecule has 2 aliphatic heterocycles. The Bertz CT molecular complexity index is 261. The van der Waals surface area contributed by atoms with Gasteiger partial charge in [-0.05, 0) is 25.4 Å². The minimum Gasteiger partial charge on any atom is -0.316 e. The standard InChI is InChI=1S/C9H15N3O2/c1-11-8(13)6-12(9(11)14)5-7-2-3-10-4-7/h7,10H,2-6H2,1H3. The number of amides is 3. The Labute approximate surface area is 83.0 Å². The molecule has 0 spiro atoms. The molecule has 3 amide bonds. The molecule has 0 aromatic rings. The summed E-state index contributed by atoms with van der Waals surface area (Å²) in [7, 11) is 1.54. The van der Waals surface area contributed by atoms with Gasteiger partial charge in [0.1, 0.15) is 6.54 Å². The minimum atomic E-state index is -0.151. The van der Waals surface area contributed by atoms with Crippen LogP contribution in [-0.2, 0) is 4.79 Å². The fraction of sp³-hybridized carbons (Fsp3) is 0.778. The van der Waals surface area contributed by atoms with Gasteiger partial charge < -0.3 is 10.2 Å². The van der Waals surface area contributed by atoms with Crippen LogP contribution in [-0.4, -0.2) is 55.0 Å². The van der Waals surface area contributed by atoms with Crippen molar-refractivity contribution in [3.8, 4) is 0 Å². The lowest BCUT2D eigenvalue weighted by Crippen LogP contribution is -2.34. The topological polar surface area (TPSA) is 52.7 Å². The van der Waals surface area contributed by atoms with Gasteiger partial charge in [-0.3, -0.25) is 9.69 Å². The number of hydrogen-bond acceptors (Lipinski definition) is 3. The minimum absolute atomic E-state index is 0.0963. The van der Waals surface area contributed by atoms with E-state index in [1.165, 1.54) is 11.9 Å². The number of urea groups is 1. The number of carbonyl (C=O) groups excluding carboxylic acids is 2. The van der Waals surface area contributed by atoms with Gasteiger partial charge >= 0.3 is 6.03 Å². The molecule has 5 heteroatoms. The Morgan fingerprint density at radius 1 is 1.50 bits per heavy atom. The molecule has 1 unspecified atom stereocenters. The Morgan fingerprint density at radius 3 is 2.79 bits per heavy atom. The maximum Gasteiger partial charge on any atom is 0.326 e. The van der Waals surface area contributed by atoms with Crippen molar-refractivity contribution in [1.29, 1.82) is 0 Å². The molecule has 2 saturated heterocycles. The van der Waals surface area contributed by atoms with Crippen molar-refractivity contribution in [2.75, 3.05) is 33.2 Å². The molecule has 5 nitrogen and oxygen atoms in total. The molecule has 0 aliphatic carbocycles. The SMILES string of the molecule is CN1C(=O)CN(CC2CCNC2)C1=O. The van der Waals surface area contributed by atoms with Crippen LogP contribution in [0.2, 0.25) is 0 Å². The van der Waals surface area contributed by atoms with E-state index >= 15 is 0 Å². The molecule has 0 bridgehead atoms. The van der Waals surface area contributed by atoms with Crippen LogP contribution in [0.15, 0.2) is 0 Å². The zero-order valence-corrected chi connectivity index (χ0v) is 8.32. The number of likely N-dealkylation sites (N-methyl/N-ethyl adjacent to an activating group) is 1. The van der Waals surface area contributed by atoms with Crippen LogP contribution >= 0.6 is 0 Å². The Kier molecular flexibility index (Phi) is 2.41. The molecule has 0 radical (unpaired) electrons. The number of rotatable bonds is 2. The highest BCUT2D eigenvalue weighted by atomic mass is 16.2. The van der Waals surface area contributed by atoms with Gasteiger partial charge in [0.15, 0.2) is 0 Å². The van der Waals surface area contributed by atoms with E-state index in [-0.39, 0.29) is 18.5 Å². The van der Waals surface area contributed by atoms with Crippen molar-refractivity contribution in [2.24, 2.45) is 5.92 Å². The van der Waals surface area contributed by atoms with Gasteiger partial charge in [-0.2, -0.15) is 0 Å². The monoisotopic (exact) mass is 197 g/mol. The molecule has 1 N–H and O–H groups in total. The molecule has 2 aliphatic rings. The molecular formula is C9H15N3O2. The van der Waals surface area contributed by atoms with Crippen LogP contribution in [0.5, 0.6) is 0 Å². The fourth-order valence-electron chi connectivity index (χ4n) is 1.98. The second-order valence-electron chi connectivity index (χ2n) is 3.97. The zero-order chi connectivity index (χ0) is 10.1. The highest BCUT2D eigenvalue weighted by molar-refractivity contribution is 6.01. The number of imide groups is 1. The molecule has 0 saturated carbocycles. The molecule has 2 heterocycles. The average molecular weight is 197 g/mol. The van der Waals surface area contributed by atoms with E-state index < -0.39 is 0 Å². The summed E-state index contributed by atoms with van der Waals surface area (Å²) < 4.78 is 0. The van der Waals surface area contributed by atoms with Crippen molar-refractivity contribution >= 4 is 11.9 Å². The second kappa shape index (κ2) is 3.57. The number of nitrogens with zero attached hydrogens (tertiary/aromatic N) is 2. The third-order valence-electron chi connectivity index (χ3n) is 2.90. The van der Waals surface area contributed by atoms with Gasteiger partial charge in [-0.25, -0.2) is 4.79 Å². The molecule has 1 atom stereocenters. The van der Waals surface area contributed by atoms with Gasteiger partial charge in [0.2, 0.25) is 5.91 Å². The highest BCUT2D eigenvalue weighted by Gasteiger charge is 2.34.